The van der Waals surface area contributed by atoms with Crippen LogP contribution in [0.4, 0.5) is 4.79 Å². The average molecular weight is 255 g/mol. The number of carbonyl (C=O) groups excluding carboxylic acids is 2. The first-order valence-electron chi connectivity index (χ1n) is 6.05. The van der Waals surface area contributed by atoms with E-state index in [0.29, 0.717) is 32.4 Å². The van der Waals surface area contributed by atoms with Crippen molar-refractivity contribution in [2.45, 2.75) is 31.3 Å². The number of hydrogen-bond donors (Lipinski definition) is 2. The molecule has 3 amide bonds. The number of urea groups is 1. The van der Waals surface area contributed by atoms with Crippen molar-refractivity contribution in [1.29, 1.82) is 0 Å². The molecular weight excluding hydrogens is 238 g/mol. The number of carbonyl (C=O) groups is 3. The number of likely N-dealkylation sites (N-methyl/N-ethyl adjacent to an activating group) is 1. The summed E-state index contributed by atoms with van der Waals surface area (Å²) >= 11 is 0. The van der Waals surface area contributed by atoms with Crippen LogP contribution in [0.3, 0.4) is 0 Å². The van der Waals surface area contributed by atoms with Crippen molar-refractivity contribution in [3.8, 4) is 0 Å². The topological polar surface area (TPSA) is 90.0 Å². The van der Waals surface area contributed by atoms with E-state index in [4.69, 9.17) is 5.11 Å². The summed E-state index contributed by atoms with van der Waals surface area (Å²) in [7, 11) is 1.68. The zero-order chi connectivity index (χ0) is 13.3. The molecule has 0 aromatic rings. The van der Waals surface area contributed by atoms with E-state index >= 15 is 0 Å². The summed E-state index contributed by atoms with van der Waals surface area (Å²) in [6.45, 7) is 1.05. The van der Waals surface area contributed by atoms with Crippen molar-refractivity contribution < 1.29 is 19.5 Å². The van der Waals surface area contributed by atoms with Gasteiger partial charge in [-0.2, -0.15) is 0 Å². The summed E-state index contributed by atoms with van der Waals surface area (Å²) in [6.07, 6.45) is 1.73. The van der Waals surface area contributed by atoms with Gasteiger partial charge in [-0.3, -0.25) is 4.79 Å². The molecule has 2 N–H and O–H groups in total. The Hall–Kier alpha value is -1.79. The van der Waals surface area contributed by atoms with E-state index in [-0.39, 0.29) is 5.91 Å². The van der Waals surface area contributed by atoms with Gasteiger partial charge in [0.25, 0.3) is 0 Å². The maximum Gasteiger partial charge on any atom is 0.326 e. The van der Waals surface area contributed by atoms with Gasteiger partial charge in [-0.25, -0.2) is 9.59 Å². The van der Waals surface area contributed by atoms with Gasteiger partial charge < -0.3 is 20.2 Å². The van der Waals surface area contributed by atoms with E-state index in [1.807, 2.05) is 0 Å². The van der Waals surface area contributed by atoms with Crippen LogP contribution in [0.25, 0.3) is 0 Å². The third-order valence-corrected chi connectivity index (χ3v) is 3.52. The van der Waals surface area contributed by atoms with Gasteiger partial charge in [0.2, 0.25) is 5.91 Å². The summed E-state index contributed by atoms with van der Waals surface area (Å²) in [5.74, 6) is -1.10. The molecule has 2 fully saturated rings. The predicted octanol–water partition coefficient (Wildman–Crippen LogP) is -0.524. The van der Waals surface area contributed by atoms with E-state index in [1.165, 1.54) is 4.90 Å². The summed E-state index contributed by atoms with van der Waals surface area (Å²) in [4.78, 5) is 37.4. The number of carboxylic acid groups (broad SMARTS) is 1. The molecule has 0 bridgehead atoms. The van der Waals surface area contributed by atoms with Crippen molar-refractivity contribution in [1.82, 2.24) is 15.1 Å². The smallest absolute Gasteiger partial charge is 0.326 e. The Kier molecular flexibility index (Phi) is 3.40. The minimum absolute atomic E-state index is 0.116. The largest absolute Gasteiger partial charge is 0.480 e. The first-order valence-corrected chi connectivity index (χ1v) is 6.05. The van der Waals surface area contributed by atoms with Crippen molar-refractivity contribution >= 4 is 17.9 Å². The molecule has 18 heavy (non-hydrogen) atoms. The van der Waals surface area contributed by atoms with Crippen LogP contribution >= 0.6 is 0 Å². The first-order chi connectivity index (χ1) is 8.50. The van der Waals surface area contributed by atoms with Gasteiger partial charge in [0.1, 0.15) is 12.1 Å². The third-order valence-electron chi connectivity index (χ3n) is 3.52. The fourth-order valence-corrected chi connectivity index (χ4v) is 2.45. The normalized spacial score (nSPS) is 27.7. The second kappa shape index (κ2) is 4.83. The maximum absolute atomic E-state index is 11.9. The number of amides is 3. The third kappa shape index (κ3) is 2.25. The number of hydrogen-bond acceptors (Lipinski definition) is 3. The maximum atomic E-state index is 11.9. The molecule has 2 saturated heterocycles. The number of aliphatic carboxylic acids is 1. The summed E-state index contributed by atoms with van der Waals surface area (Å²) < 4.78 is 0. The van der Waals surface area contributed by atoms with Gasteiger partial charge in [0, 0.05) is 20.1 Å². The summed E-state index contributed by atoms with van der Waals surface area (Å²) in [6, 6.07) is -1.73. The van der Waals surface area contributed by atoms with Crippen molar-refractivity contribution in [2.75, 3.05) is 20.1 Å². The second-order valence-corrected chi connectivity index (χ2v) is 4.74. The van der Waals surface area contributed by atoms with Crippen LogP contribution < -0.4 is 5.32 Å². The van der Waals surface area contributed by atoms with E-state index in [2.05, 4.69) is 5.32 Å². The van der Waals surface area contributed by atoms with Crippen LogP contribution in [0.2, 0.25) is 0 Å². The Morgan fingerprint density at radius 3 is 2.61 bits per heavy atom. The highest BCUT2D eigenvalue weighted by atomic mass is 16.4. The minimum Gasteiger partial charge on any atom is -0.480 e. The van der Waals surface area contributed by atoms with Crippen LogP contribution in [-0.4, -0.2) is 65.0 Å². The zero-order valence-corrected chi connectivity index (χ0v) is 10.3. The van der Waals surface area contributed by atoms with Gasteiger partial charge in [-0.15, -0.1) is 0 Å². The molecule has 0 spiro atoms. The Morgan fingerprint density at radius 1 is 1.33 bits per heavy atom. The minimum atomic E-state index is -0.988. The molecule has 0 aromatic heterocycles. The Morgan fingerprint density at radius 2 is 2.06 bits per heavy atom. The highest BCUT2D eigenvalue weighted by molar-refractivity contribution is 5.90. The average Bonchev–Trinajstić information content (AvgIpc) is 2.91. The first kappa shape index (κ1) is 12.7. The molecule has 2 aliphatic heterocycles. The summed E-state index contributed by atoms with van der Waals surface area (Å²) in [5, 5.41) is 11.6. The SMILES string of the molecule is CN1CCC(NC(=O)N2CCC[C@H]2C(=O)O)C1=O. The lowest BCUT2D eigenvalue weighted by atomic mass is 10.2. The number of carboxylic acids is 1. The van der Waals surface area contributed by atoms with Crippen LogP contribution in [-0.2, 0) is 9.59 Å². The molecule has 0 saturated carbocycles. The second-order valence-electron chi connectivity index (χ2n) is 4.74. The molecule has 2 rings (SSSR count). The molecule has 2 aliphatic rings. The van der Waals surface area contributed by atoms with E-state index in [9.17, 15) is 14.4 Å². The van der Waals surface area contributed by atoms with Crippen molar-refractivity contribution in [3.63, 3.8) is 0 Å². The molecule has 7 heteroatoms. The standard InChI is InChI=1S/C11H17N3O4/c1-13-6-4-7(9(13)15)12-11(18)14-5-2-3-8(14)10(16)17/h7-8H,2-6H2,1H3,(H,12,18)(H,16,17)/t7?,8-/m0/s1. The molecule has 100 valence electrons. The number of rotatable bonds is 2. The van der Waals surface area contributed by atoms with Gasteiger partial charge in [0.05, 0.1) is 0 Å². The monoisotopic (exact) mass is 255 g/mol. The highest BCUT2D eigenvalue weighted by Gasteiger charge is 2.37. The molecule has 0 aliphatic carbocycles. The van der Waals surface area contributed by atoms with E-state index in [0.717, 1.165) is 0 Å². The molecular formula is C11H17N3O4. The Balaban J connectivity index is 1.96. The number of nitrogens with one attached hydrogen (secondary N) is 1. The van der Waals surface area contributed by atoms with Gasteiger partial charge in [-0.1, -0.05) is 0 Å². The fourth-order valence-electron chi connectivity index (χ4n) is 2.45. The quantitative estimate of drug-likeness (QED) is 0.694. The van der Waals surface area contributed by atoms with Crippen LogP contribution in [0.5, 0.6) is 0 Å². The molecule has 2 atom stereocenters. The van der Waals surface area contributed by atoms with Gasteiger partial charge in [-0.05, 0) is 19.3 Å². The number of nitrogens with zero attached hydrogens (tertiary/aromatic N) is 2. The molecule has 2 heterocycles. The van der Waals surface area contributed by atoms with Gasteiger partial charge >= 0.3 is 12.0 Å². The lowest BCUT2D eigenvalue weighted by molar-refractivity contribution is -0.141. The van der Waals surface area contributed by atoms with E-state index in [1.54, 1.807) is 11.9 Å². The van der Waals surface area contributed by atoms with Gasteiger partial charge in [0.15, 0.2) is 0 Å². The molecule has 0 aromatic carbocycles. The molecule has 1 unspecified atom stereocenters. The lowest BCUT2D eigenvalue weighted by Gasteiger charge is -2.23. The van der Waals surface area contributed by atoms with Crippen LogP contribution in [0.1, 0.15) is 19.3 Å². The lowest BCUT2D eigenvalue weighted by Crippen LogP contribution is -2.50. The van der Waals surface area contributed by atoms with Crippen molar-refractivity contribution in [2.24, 2.45) is 0 Å². The predicted molar refractivity (Wildman–Crippen MR) is 61.9 cm³/mol. The Labute approximate surface area is 105 Å². The van der Waals surface area contributed by atoms with Crippen LogP contribution in [0.15, 0.2) is 0 Å². The Bertz CT molecular complexity index is 384. The molecule has 7 nitrogen and oxygen atoms in total. The molecule has 0 radical (unpaired) electrons. The van der Waals surface area contributed by atoms with Crippen LogP contribution in [0, 0.1) is 0 Å². The van der Waals surface area contributed by atoms with E-state index < -0.39 is 24.1 Å². The number of likely N-dealkylation sites (tertiary alicyclic amines) is 2. The fraction of sp³-hybridized carbons (Fsp3) is 0.727. The summed E-state index contributed by atoms with van der Waals surface area (Å²) in [5.41, 5.74) is 0. The zero-order valence-electron chi connectivity index (χ0n) is 10.3. The van der Waals surface area contributed by atoms with Crippen molar-refractivity contribution in [3.05, 3.63) is 0 Å². The highest BCUT2D eigenvalue weighted by Crippen LogP contribution is 2.18.